The van der Waals surface area contributed by atoms with Crippen molar-refractivity contribution >= 4 is 23.9 Å². The molecule has 0 aliphatic carbocycles. The van der Waals surface area contributed by atoms with E-state index in [0.717, 1.165) is 174 Å². The van der Waals surface area contributed by atoms with Crippen LogP contribution < -0.4 is 56.8 Å². The largest absolute Gasteiger partial charge is 0.497 e. The maximum atomic E-state index is 12.2. The normalized spacial score (nSPS) is 11.7. The summed E-state index contributed by atoms with van der Waals surface area (Å²) in [6.07, 6.45) is 0.604. The fourth-order valence-electron chi connectivity index (χ4n) is 14.7. The van der Waals surface area contributed by atoms with E-state index in [0.29, 0.717) is 31.1 Å². The summed E-state index contributed by atoms with van der Waals surface area (Å²) in [5.74, 6) is 6.64. The van der Waals surface area contributed by atoms with Crippen LogP contribution in [-0.4, -0.2) is 133 Å². The second-order valence-corrected chi connectivity index (χ2v) is 29.9. The van der Waals surface area contributed by atoms with Crippen molar-refractivity contribution in [2.24, 2.45) is 0 Å². The molecule has 0 saturated heterocycles. The molecule has 20 nitrogen and oxygen atoms in total. The second-order valence-electron chi connectivity index (χ2n) is 29.9. The Morgan fingerprint density at radius 2 is 0.553 bits per heavy atom. The average molecular weight is 1690 g/mol. The summed E-state index contributed by atoms with van der Waals surface area (Å²) in [7, 11) is 19.7. The van der Waals surface area contributed by atoms with E-state index >= 15 is 0 Å². The summed E-state index contributed by atoms with van der Waals surface area (Å²) >= 11 is 0. The molecule has 20 heteroatoms. The number of esters is 2. The van der Waals surface area contributed by atoms with Gasteiger partial charge in [-0.05, 0) is 282 Å². The van der Waals surface area contributed by atoms with Crippen molar-refractivity contribution < 1.29 is 95.7 Å². The van der Waals surface area contributed by atoms with E-state index in [-0.39, 0.29) is 68.2 Å². The van der Waals surface area contributed by atoms with Crippen LogP contribution in [0.15, 0.2) is 158 Å². The Labute approximate surface area is 729 Å². The Kier molecular flexibility index (Phi) is 40.3. The minimum absolute atomic E-state index is 0. The van der Waals surface area contributed by atoms with Gasteiger partial charge in [-0.15, -0.1) is 0 Å². The first-order valence-electron chi connectivity index (χ1n) is 40.6. The molecule has 2 N–H and O–H groups in total. The minimum Gasteiger partial charge on any atom is -0.497 e. The maximum Gasteiger partial charge on any atom is 0.306 e. The highest BCUT2D eigenvalue weighted by Gasteiger charge is 2.28. The zero-order chi connectivity index (χ0) is 90.4. The third kappa shape index (κ3) is 27.3. The second kappa shape index (κ2) is 49.0. The lowest BCUT2D eigenvalue weighted by Gasteiger charge is -2.21. The summed E-state index contributed by atoms with van der Waals surface area (Å²) in [5, 5.41) is 18.7. The fraction of sp³-hybridized carbons (Fsp3) is 0.379. The third-order valence-electron chi connectivity index (χ3n) is 22.3. The molecule has 0 aliphatic heterocycles. The van der Waals surface area contributed by atoms with Gasteiger partial charge in [0, 0.05) is 40.7 Å². The van der Waals surface area contributed by atoms with Crippen molar-refractivity contribution in [3.63, 3.8) is 0 Å². The lowest BCUT2D eigenvalue weighted by Crippen LogP contribution is -2.12. The zero-order valence-electron chi connectivity index (χ0n) is 76.4. The highest BCUT2D eigenvalue weighted by Crippen LogP contribution is 2.44. The number of aryl methyl sites for hydroxylation is 7. The quantitative estimate of drug-likeness (QED) is 0.0373. The number of hydrogen-bond acceptors (Lipinski definition) is 18. The summed E-state index contributed by atoms with van der Waals surface area (Å²) in [5.41, 5.74) is 23.1. The zero-order valence-corrected chi connectivity index (χ0v) is 76.4. The van der Waals surface area contributed by atoms with Gasteiger partial charge in [-0.3, -0.25) is 19.2 Å². The highest BCUT2D eigenvalue weighted by atomic mass is 16.5. The van der Waals surface area contributed by atoms with Crippen LogP contribution in [0.1, 0.15) is 206 Å². The van der Waals surface area contributed by atoms with E-state index in [1.807, 2.05) is 185 Å². The van der Waals surface area contributed by atoms with Gasteiger partial charge in [0.2, 0.25) is 0 Å². The van der Waals surface area contributed by atoms with E-state index in [1.54, 1.807) is 91.4 Å². The van der Waals surface area contributed by atoms with Gasteiger partial charge in [-0.1, -0.05) is 98.8 Å². The Bertz CT molecular complexity index is 5110. The molecule has 0 spiro atoms. The van der Waals surface area contributed by atoms with Crippen molar-refractivity contribution in [2.45, 2.75) is 167 Å². The van der Waals surface area contributed by atoms with E-state index in [9.17, 15) is 29.4 Å². The molecule has 0 bridgehead atoms. The first-order chi connectivity index (χ1) is 58.2. The van der Waals surface area contributed by atoms with Crippen LogP contribution in [0.2, 0.25) is 0 Å². The molecule has 0 aliphatic rings. The SMILES string of the molecule is C.CCOC(=O)CC(c1ccc(C)cc1)c1cc(C)c(C)c(OC)c1.CCOC(=O)CC(c1ccc(OC)c(C)c1)c1cc(C)c(C)c(OC)c1.COc1cc(C(C)c2cc(OC)c(C)c(OC)c2)c(OC)cc1C.COc1ccc(C(CC(=O)O)c2cc(C)c(C)c(OC)c2)cc1.COc1ccc(C(CC(=O)O)c2cc(C)c(C)c(OC)c2)cc1OC. The van der Waals surface area contributed by atoms with Crippen molar-refractivity contribution in [3.05, 3.63) is 280 Å². The Morgan fingerprint density at radius 1 is 0.268 bits per heavy atom. The standard InChI is InChI=1S/C22H28O4.C21H26O3.C20H24O5.C20H26O4.C19H22O4.CH4/c1-7-26-22(23)13-19(17-8-9-20(24-5)15(3)11-17)18-10-14(2)16(4)21(12-18)25-6;1-6-24-21(22)13-19(17-9-7-14(2)8-10-17)18-11-15(3)16(4)20(12-18)23-5;1-12-8-15(10-18(24-4)13(12)2)16(11-20(21)22)14-6-7-17(23-3)19(9-14)25-5;1-12-8-20(24-7)16(11-17(12)21-4)13(2)15-9-18(22-5)14(3)19(10-15)23-6;1-12-9-15(10-18(23-4)13(12)2)17(11-19(20)21)14-5-7-16(22-3)8-6-14;/h8-12,19H,7,13H2,1-6H3;7-12,19H,6,13H2,1-5H3;6-10,16H,11H2,1-5H3,(H,21,22);8-11,13H,1-7H3;5-10,17H,11H2,1-4H3,(H,20,21);1H4. The van der Waals surface area contributed by atoms with Crippen molar-refractivity contribution in [3.8, 4) is 69.0 Å². The van der Waals surface area contributed by atoms with Gasteiger partial charge in [0.15, 0.2) is 11.5 Å². The van der Waals surface area contributed by atoms with Crippen molar-refractivity contribution in [1.82, 2.24) is 0 Å². The number of rotatable bonds is 32. The van der Waals surface area contributed by atoms with Crippen LogP contribution >= 0.6 is 0 Å². The minimum atomic E-state index is -0.864. The molecule has 0 saturated carbocycles. The molecule has 10 aromatic carbocycles. The molecular formula is C103H130O20. The van der Waals surface area contributed by atoms with Gasteiger partial charge < -0.3 is 76.5 Å². The summed E-state index contributed by atoms with van der Waals surface area (Å²) in [6.45, 7) is 30.8. The van der Waals surface area contributed by atoms with E-state index in [2.05, 4.69) is 70.2 Å². The smallest absolute Gasteiger partial charge is 0.306 e. The molecule has 662 valence electrons. The molecule has 5 unspecified atom stereocenters. The maximum absolute atomic E-state index is 12.2. The number of methoxy groups -OCH3 is 12. The van der Waals surface area contributed by atoms with Crippen LogP contribution in [0.3, 0.4) is 0 Å². The number of carboxylic acid groups (broad SMARTS) is 2. The highest BCUT2D eigenvalue weighted by molar-refractivity contribution is 5.73. The number of carbonyl (C=O) groups is 4. The number of aliphatic carboxylic acids is 2. The van der Waals surface area contributed by atoms with Crippen LogP contribution in [0.25, 0.3) is 0 Å². The van der Waals surface area contributed by atoms with Crippen LogP contribution in [-0.2, 0) is 28.7 Å². The molecule has 10 rings (SSSR count). The number of benzene rings is 10. The monoisotopic (exact) mass is 1690 g/mol. The average Bonchev–Trinajstić information content (AvgIpc) is 0.807. The van der Waals surface area contributed by atoms with Crippen LogP contribution in [0, 0.1) is 83.1 Å². The predicted molar refractivity (Wildman–Crippen MR) is 489 cm³/mol. The Balaban J connectivity index is 0.000000273. The molecule has 0 heterocycles. The molecule has 123 heavy (non-hydrogen) atoms. The van der Waals surface area contributed by atoms with Gasteiger partial charge in [0.05, 0.1) is 124 Å². The molecule has 0 fully saturated rings. The van der Waals surface area contributed by atoms with Gasteiger partial charge >= 0.3 is 23.9 Å². The predicted octanol–water partition coefficient (Wildman–Crippen LogP) is 22.4. The van der Waals surface area contributed by atoms with Gasteiger partial charge in [-0.2, -0.15) is 0 Å². The van der Waals surface area contributed by atoms with Crippen molar-refractivity contribution in [2.75, 3.05) is 98.5 Å². The molecule has 5 atom stereocenters. The summed E-state index contributed by atoms with van der Waals surface area (Å²) in [4.78, 5) is 47.1. The first-order valence-corrected chi connectivity index (χ1v) is 40.6. The number of hydrogen-bond donors (Lipinski definition) is 2. The van der Waals surface area contributed by atoms with E-state index in [4.69, 9.17) is 66.3 Å². The Morgan fingerprint density at radius 3 is 0.894 bits per heavy atom. The lowest BCUT2D eigenvalue weighted by atomic mass is 9.86. The van der Waals surface area contributed by atoms with Gasteiger partial charge in [0.25, 0.3) is 0 Å². The molecule has 10 aromatic rings. The van der Waals surface area contributed by atoms with E-state index < -0.39 is 11.9 Å². The number of ether oxygens (including phenoxy) is 14. The topological polar surface area (TPSA) is 238 Å². The molecule has 0 radical (unpaired) electrons. The molecule has 0 amide bonds. The van der Waals surface area contributed by atoms with Gasteiger partial charge in [-0.25, -0.2) is 0 Å². The van der Waals surface area contributed by atoms with Crippen molar-refractivity contribution in [1.29, 1.82) is 0 Å². The summed E-state index contributed by atoms with van der Waals surface area (Å²) in [6, 6.07) is 51.7. The lowest BCUT2D eigenvalue weighted by molar-refractivity contribution is -0.144. The van der Waals surface area contributed by atoms with Crippen LogP contribution in [0.5, 0.6) is 69.0 Å². The van der Waals surface area contributed by atoms with Crippen LogP contribution in [0.4, 0.5) is 0 Å². The first kappa shape index (κ1) is 101. The summed E-state index contributed by atoms with van der Waals surface area (Å²) < 4.78 is 75.5. The fourth-order valence-corrected chi connectivity index (χ4v) is 14.7. The molecule has 0 aromatic heterocycles. The van der Waals surface area contributed by atoms with E-state index in [1.165, 1.54) is 5.56 Å². The van der Waals surface area contributed by atoms with Gasteiger partial charge in [0.1, 0.15) is 57.5 Å². The Hall–Kier alpha value is -12.3. The third-order valence-corrected chi connectivity index (χ3v) is 22.3. The molecular weight excluding hydrogens is 1560 g/mol. The number of carbonyl (C=O) groups excluding carboxylic acids is 2. The number of carboxylic acids is 2.